The van der Waals surface area contributed by atoms with E-state index >= 15 is 0 Å². The maximum absolute atomic E-state index is 12.3. The molecule has 0 atom stereocenters. The predicted octanol–water partition coefficient (Wildman–Crippen LogP) is 4.58. The van der Waals surface area contributed by atoms with Crippen LogP contribution in [0.15, 0.2) is 46.9 Å². The van der Waals surface area contributed by atoms with Crippen LogP contribution < -0.4 is 10.6 Å². The monoisotopic (exact) mass is 474 g/mol. The molecule has 0 fully saturated rings. The minimum Gasteiger partial charge on any atom is -0.343 e. The Labute approximate surface area is 182 Å². The smallest absolute Gasteiger partial charge is 0.251 e. The Morgan fingerprint density at radius 2 is 1.79 bits per heavy atom. The molecular weight excluding hydrogens is 456 g/mol. The number of rotatable bonds is 5. The third kappa shape index (κ3) is 4.86. The second-order valence-electron chi connectivity index (χ2n) is 6.63. The van der Waals surface area contributed by atoms with E-state index in [4.69, 9.17) is 11.6 Å². The number of aromatic nitrogens is 2. The molecule has 0 saturated heterocycles. The number of aryl methyl sites for hydroxylation is 2. The van der Waals surface area contributed by atoms with Gasteiger partial charge >= 0.3 is 0 Å². The van der Waals surface area contributed by atoms with Crippen LogP contribution in [-0.2, 0) is 4.79 Å². The largest absolute Gasteiger partial charge is 0.343 e. The molecule has 29 heavy (non-hydrogen) atoms. The Hall–Kier alpha value is -2.64. The molecule has 3 rings (SSSR count). The number of anilines is 1. The molecule has 0 radical (unpaired) electrons. The lowest BCUT2D eigenvalue weighted by Gasteiger charge is -2.10. The summed E-state index contributed by atoms with van der Waals surface area (Å²) >= 11 is 9.57. The van der Waals surface area contributed by atoms with Gasteiger partial charge in [-0.05, 0) is 68.8 Å². The number of benzene rings is 2. The lowest BCUT2D eigenvalue weighted by molar-refractivity contribution is -0.115. The highest BCUT2D eigenvalue weighted by Gasteiger charge is 2.13. The topological polar surface area (TPSA) is 76.0 Å². The van der Waals surface area contributed by atoms with Gasteiger partial charge in [-0.15, -0.1) is 0 Å². The Bertz CT molecular complexity index is 1080. The number of carbonyl (C=O) groups excluding carboxylic acids is 2. The van der Waals surface area contributed by atoms with Gasteiger partial charge in [-0.2, -0.15) is 5.10 Å². The third-order valence-corrected chi connectivity index (χ3v) is 5.49. The first-order chi connectivity index (χ1) is 13.8. The zero-order chi connectivity index (χ0) is 21.1. The average molecular weight is 476 g/mol. The van der Waals surface area contributed by atoms with Crippen molar-refractivity contribution in [3.05, 3.63) is 74.5 Å². The lowest BCUT2D eigenvalue weighted by Crippen LogP contribution is -2.33. The molecule has 1 heterocycles. The van der Waals surface area contributed by atoms with Gasteiger partial charge in [-0.25, -0.2) is 4.68 Å². The summed E-state index contributed by atoms with van der Waals surface area (Å²) in [6.07, 6.45) is 0. The maximum atomic E-state index is 12.3. The molecular formula is C21H20BrClN4O2. The van der Waals surface area contributed by atoms with Crippen molar-refractivity contribution in [3.8, 4) is 5.69 Å². The summed E-state index contributed by atoms with van der Waals surface area (Å²) in [4.78, 5) is 24.5. The summed E-state index contributed by atoms with van der Waals surface area (Å²) in [6.45, 7) is 5.50. The van der Waals surface area contributed by atoms with Crippen LogP contribution in [0.5, 0.6) is 0 Å². The lowest BCUT2D eigenvalue weighted by atomic mass is 10.2. The first-order valence-electron chi connectivity index (χ1n) is 8.92. The predicted molar refractivity (Wildman–Crippen MR) is 118 cm³/mol. The number of hydrogen-bond donors (Lipinski definition) is 2. The van der Waals surface area contributed by atoms with Crippen molar-refractivity contribution in [2.75, 3.05) is 11.9 Å². The van der Waals surface area contributed by atoms with Gasteiger partial charge in [0.15, 0.2) is 0 Å². The molecule has 8 heteroatoms. The Morgan fingerprint density at radius 3 is 2.38 bits per heavy atom. The quantitative estimate of drug-likeness (QED) is 0.567. The average Bonchev–Trinajstić information content (AvgIpc) is 2.96. The molecule has 3 aromatic rings. The van der Waals surface area contributed by atoms with Crippen molar-refractivity contribution in [1.82, 2.24) is 15.1 Å². The number of nitrogens with zero attached hydrogens (tertiary/aromatic N) is 2. The zero-order valence-electron chi connectivity index (χ0n) is 16.2. The zero-order valence-corrected chi connectivity index (χ0v) is 18.6. The molecule has 0 unspecified atom stereocenters. The SMILES string of the molecule is Cc1cc(Br)ccc1NC(=O)CNC(=O)c1ccc(-n2nc(C)c(Cl)c2C)cc1. The maximum Gasteiger partial charge on any atom is 0.251 e. The molecule has 2 N–H and O–H groups in total. The van der Waals surface area contributed by atoms with Crippen molar-refractivity contribution in [1.29, 1.82) is 0 Å². The number of carbonyl (C=O) groups is 2. The summed E-state index contributed by atoms with van der Waals surface area (Å²) in [6, 6.07) is 12.5. The Morgan fingerprint density at radius 1 is 1.10 bits per heavy atom. The molecule has 0 aliphatic rings. The van der Waals surface area contributed by atoms with Crippen LogP contribution >= 0.6 is 27.5 Å². The first kappa shape index (κ1) is 21.1. The van der Waals surface area contributed by atoms with Crippen molar-refractivity contribution in [2.24, 2.45) is 0 Å². The second-order valence-corrected chi connectivity index (χ2v) is 7.93. The molecule has 1 aromatic heterocycles. The standard InChI is InChI=1S/C21H20BrClN4O2/c1-12-10-16(22)6-9-18(12)25-19(28)11-24-21(29)15-4-7-17(8-5-15)27-14(3)20(23)13(2)26-27/h4-10H,11H2,1-3H3,(H,24,29)(H,25,28). The summed E-state index contributed by atoms with van der Waals surface area (Å²) in [5.74, 6) is -0.622. The van der Waals surface area contributed by atoms with E-state index in [-0.39, 0.29) is 18.4 Å². The molecule has 2 aromatic carbocycles. The van der Waals surface area contributed by atoms with Gasteiger partial charge in [-0.3, -0.25) is 9.59 Å². The molecule has 2 amide bonds. The van der Waals surface area contributed by atoms with E-state index in [0.717, 1.165) is 27.1 Å². The fourth-order valence-corrected chi connectivity index (χ4v) is 3.45. The van der Waals surface area contributed by atoms with Crippen molar-refractivity contribution >= 4 is 45.0 Å². The van der Waals surface area contributed by atoms with Gasteiger partial charge in [0, 0.05) is 15.7 Å². The van der Waals surface area contributed by atoms with Gasteiger partial charge in [0.1, 0.15) is 0 Å². The van der Waals surface area contributed by atoms with Gasteiger partial charge in [0.25, 0.3) is 5.91 Å². The first-order valence-corrected chi connectivity index (χ1v) is 10.1. The molecule has 0 bridgehead atoms. The Kier molecular flexibility index (Phi) is 6.39. The highest BCUT2D eigenvalue weighted by molar-refractivity contribution is 9.10. The van der Waals surface area contributed by atoms with E-state index in [1.165, 1.54) is 0 Å². The van der Waals surface area contributed by atoms with E-state index in [0.29, 0.717) is 16.3 Å². The van der Waals surface area contributed by atoms with E-state index in [2.05, 4.69) is 31.7 Å². The number of amides is 2. The number of nitrogens with one attached hydrogen (secondary N) is 2. The van der Waals surface area contributed by atoms with Crippen molar-refractivity contribution in [2.45, 2.75) is 20.8 Å². The van der Waals surface area contributed by atoms with Crippen LogP contribution in [0.3, 0.4) is 0 Å². The highest BCUT2D eigenvalue weighted by atomic mass is 79.9. The Balaban J connectivity index is 1.60. The normalized spacial score (nSPS) is 10.7. The summed E-state index contributed by atoms with van der Waals surface area (Å²) < 4.78 is 2.67. The van der Waals surface area contributed by atoms with Gasteiger partial charge in [-0.1, -0.05) is 27.5 Å². The highest BCUT2D eigenvalue weighted by Crippen LogP contribution is 2.22. The third-order valence-electron chi connectivity index (χ3n) is 4.45. The molecule has 150 valence electrons. The summed E-state index contributed by atoms with van der Waals surface area (Å²) in [7, 11) is 0. The molecule has 6 nitrogen and oxygen atoms in total. The van der Waals surface area contributed by atoms with Crippen LogP contribution in [0, 0.1) is 20.8 Å². The van der Waals surface area contributed by atoms with Crippen LogP contribution in [0.4, 0.5) is 5.69 Å². The minimum atomic E-state index is -0.328. The van der Waals surface area contributed by atoms with Gasteiger partial charge in [0.05, 0.1) is 28.6 Å². The van der Waals surface area contributed by atoms with Crippen LogP contribution in [-0.4, -0.2) is 28.1 Å². The van der Waals surface area contributed by atoms with Crippen LogP contribution in [0.2, 0.25) is 5.02 Å². The van der Waals surface area contributed by atoms with Crippen molar-refractivity contribution in [3.63, 3.8) is 0 Å². The second kappa shape index (κ2) is 8.80. The van der Waals surface area contributed by atoms with E-state index in [1.807, 2.05) is 39.0 Å². The molecule has 0 spiro atoms. The van der Waals surface area contributed by atoms with Crippen molar-refractivity contribution < 1.29 is 9.59 Å². The molecule has 0 aliphatic heterocycles. The summed E-state index contributed by atoms with van der Waals surface area (Å²) in [5, 5.41) is 10.4. The van der Waals surface area contributed by atoms with Crippen LogP contribution in [0.25, 0.3) is 5.69 Å². The molecule has 0 saturated carbocycles. The number of halogens is 2. The van der Waals surface area contributed by atoms with Crippen LogP contribution in [0.1, 0.15) is 27.3 Å². The summed E-state index contributed by atoms with van der Waals surface area (Å²) in [5.41, 5.74) is 4.48. The van der Waals surface area contributed by atoms with E-state index in [9.17, 15) is 9.59 Å². The van der Waals surface area contributed by atoms with Gasteiger partial charge < -0.3 is 10.6 Å². The molecule has 0 aliphatic carbocycles. The minimum absolute atomic E-state index is 0.122. The van der Waals surface area contributed by atoms with Gasteiger partial charge in [0.2, 0.25) is 5.91 Å². The van der Waals surface area contributed by atoms with E-state index in [1.54, 1.807) is 28.9 Å². The number of hydrogen-bond acceptors (Lipinski definition) is 3. The van der Waals surface area contributed by atoms with E-state index < -0.39 is 0 Å². The fourth-order valence-electron chi connectivity index (χ4n) is 2.85. The fraction of sp³-hybridized carbons (Fsp3) is 0.190.